The van der Waals surface area contributed by atoms with Gasteiger partial charge in [0, 0.05) is 19.0 Å². The first-order chi connectivity index (χ1) is 7.26. The second-order valence-corrected chi connectivity index (χ2v) is 4.05. The van der Waals surface area contributed by atoms with Crippen LogP contribution in [0.3, 0.4) is 0 Å². The fourth-order valence-electron chi connectivity index (χ4n) is 1.42. The fourth-order valence-corrected chi connectivity index (χ4v) is 1.42. The van der Waals surface area contributed by atoms with E-state index in [4.69, 9.17) is 6.42 Å². The van der Waals surface area contributed by atoms with Gasteiger partial charge in [0.15, 0.2) is 0 Å². The molecule has 3 nitrogen and oxygen atoms in total. The first-order valence-electron chi connectivity index (χ1n) is 5.75. The van der Waals surface area contributed by atoms with Crippen molar-refractivity contribution in [1.82, 2.24) is 10.6 Å². The molecule has 2 N–H and O–H groups in total. The molecule has 0 spiro atoms. The van der Waals surface area contributed by atoms with E-state index >= 15 is 0 Å². The predicted molar refractivity (Wildman–Crippen MR) is 61.3 cm³/mol. The Labute approximate surface area is 92.0 Å². The molecular weight excluding hydrogens is 188 g/mol. The van der Waals surface area contributed by atoms with Crippen LogP contribution in [-0.2, 0) is 4.79 Å². The Morgan fingerprint density at radius 1 is 1.60 bits per heavy atom. The monoisotopic (exact) mass is 208 g/mol. The van der Waals surface area contributed by atoms with Gasteiger partial charge in [-0.15, -0.1) is 6.42 Å². The van der Waals surface area contributed by atoms with Gasteiger partial charge in [-0.25, -0.2) is 0 Å². The molecule has 1 saturated carbocycles. The van der Waals surface area contributed by atoms with Crippen molar-refractivity contribution in [2.45, 2.75) is 51.1 Å². The summed E-state index contributed by atoms with van der Waals surface area (Å²) < 4.78 is 0. The Hall–Kier alpha value is -1.01. The van der Waals surface area contributed by atoms with Crippen LogP contribution < -0.4 is 10.6 Å². The van der Waals surface area contributed by atoms with Crippen LogP contribution >= 0.6 is 0 Å². The molecule has 84 valence electrons. The third kappa shape index (κ3) is 5.44. The number of carbonyl (C=O) groups excluding carboxylic acids is 1. The van der Waals surface area contributed by atoms with Crippen LogP contribution in [0.2, 0.25) is 0 Å². The van der Waals surface area contributed by atoms with Gasteiger partial charge in [0.05, 0.1) is 6.04 Å². The summed E-state index contributed by atoms with van der Waals surface area (Å²) in [5, 5.41) is 6.14. The molecule has 1 aliphatic rings. The van der Waals surface area contributed by atoms with Gasteiger partial charge < -0.3 is 10.6 Å². The van der Waals surface area contributed by atoms with Crippen LogP contribution in [0, 0.1) is 12.3 Å². The number of hydrogen-bond acceptors (Lipinski definition) is 2. The minimum absolute atomic E-state index is 0.115. The van der Waals surface area contributed by atoms with Gasteiger partial charge in [-0.2, -0.15) is 0 Å². The molecular formula is C12H20N2O. The van der Waals surface area contributed by atoms with E-state index in [0.29, 0.717) is 19.0 Å². The lowest BCUT2D eigenvalue weighted by Crippen LogP contribution is -2.33. The van der Waals surface area contributed by atoms with Crippen LogP contribution in [0.5, 0.6) is 0 Å². The van der Waals surface area contributed by atoms with Crippen molar-refractivity contribution in [3.05, 3.63) is 0 Å². The van der Waals surface area contributed by atoms with Gasteiger partial charge in [0.2, 0.25) is 5.91 Å². The smallest absolute Gasteiger partial charge is 0.221 e. The van der Waals surface area contributed by atoms with Gasteiger partial charge in [0.1, 0.15) is 0 Å². The van der Waals surface area contributed by atoms with E-state index in [2.05, 4.69) is 23.5 Å². The topological polar surface area (TPSA) is 41.1 Å². The number of nitrogens with one attached hydrogen (secondary N) is 2. The van der Waals surface area contributed by atoms with Crippen LogP contribution in [0.25, 0.3) is 0 Å². The summed E-state index contributed by atoms with van der Waals surface area (Å²) >= 11 is 0. The van der Waals surface area contributed by atoms with Crippen molar-refractivity contribution in [2.75, 3.05) is 6.54 Å². The zero-order valence-corrected chi connectivity index (χ0v) is 9.38. The maximum Gasteiger partial charge on any atom is 0.221 e. The number of rotatable bonds is 7. The molecule has 0 bridgehead atoms. The summed E-state index contributed by atoms with van der Waals surface area (Å²) in [6.07, 6.45) is 10.2. The minimum Gasteiger partial charge on any atom is -0.353 e. The maximum atomic E-state index is 11.3. The molecule has 1 atom stereocenters. The van der Waals surface area contributed by atoms with Crippen LogP contribution in [0.15, 0.2) is 0 Å². The molecule has 0 aromatic carbocycles. The van der Waals surface area contributed by atoms with E-state index in [1.165, 1.54) is 0 Å². The summed E-state index contributed by atoms with van der Waals surface area (Å²) in [7, 11) is 0. The highest BCUT2D eigenvalue weighted by molar-refractivity contribution is 5.76. The van der Waals surface area contributed by atoms with Gasteiger partial charge >= 0.3 is 0 Å². The predicted octanol–water partition coefficient (Wildman–Crippen LogP) is 1.05. The average molecular weight is 208 g/mol. The fraction of sp³-hybridized carbons (Fsp3) is 0.750. The quantitative estimate of drug-likeness (QED) is 0.614. The van der Waals surface area contributed by atoms with Crippen molar-refractivity contribution in [2.24, 2.45) is 0 Å². The highest BCUT2D eigenvalue weighted by Gasteiger charge is 2.22. The zero-order valence-electron chi connectivity index (χ0n) is 9.38. The first-order valence-corrected chi connectivity index (χ1v) is 5.75. The molecule has 1 amide bonds. The average Bonchev–Trinajstić information content (AvgIpc) is 3.00. The Morgan fingerprint density at radius 2 is 2.33 bits per heavy atom. The van der Waals surface area contributed by atoms with Crippen LogP contribution in [0.4, 0.5) is 0 Å². The second-order valence-electron chi connectivity index (χ2n) is 4.05. The lowest BCUT2D eigenvalue weighted by atomic mass is 10.2. The Balaban J connectivity index is 2.03. The van der Waals surface area contributed by atoms with Crippen LogP contribution in [-0.4, -0.2) is 24.5 Å². The molecule has 0 aromatic heterocycles. The molecule has 1 fully saturated rings. The van der Waals surface area contributed by atoms with Crippen molar-refractivity contribution < 1.29 is 4.79 Å². The molecule has 0 radical (unpaired) electrons. The van der Waals surface area contributed by atoms with Crippen molar-refractivity contribution >= 4 is 5.91 Å². The molecule has 0 aliphatic heterocycles. The van der Waals surface area contributed by atoms with E-state index in [1.807, 2.05) is 0 Å². The van der Waals surface area contributed by atoms with E-state index < -0.39 is 0 Å². The summed E-state index contributed by atoms with van der Waals surface area (Å²) in [6, 6.07) is 0.570. The zero-order chi connectivity index (χ0) is 11.1. The molecule has 0 aromatic rings. The van der Waals surface area contributed by atoms with Gasteiger partial charge in [0.25, 0.3) is 0 Å². The SMILES string of the molecule is C#CC(CCC)NCCC(=O)NC1CC1. The summed E-state index contributed by atoms with van der Waals surface area (Å²) in [4.78, 5) is 11.3. The van der Waals surface area contributed by atoms with Gasteiger partial charge in [-0.05, 0) is 19.3 Å². The summed E-state index contributed by atoms with van der Waals surface area (Å²) in [5.74, 6) is 2.82. The maximum absolute atomic E-state index is 11.3. The standard InChI is InChI=1S/C12H20N2O/c1-3-5-10(4-2)13-9-8-12(15)14-11-6-7-11/h2,10-11,13H,3,5-9H2,1H3,(H,14,15). The number of carbonyl (C=O) groups is 1. The number of hydrogen-bond donors (Lipinski definition) is 2. The summed E-state index contributed by atoms with van der Waals surface area (Å²) in [5.41, 5.74) is 0. The minimum atomic E-state index is 0.115. The van der Waals surface area contributed by atoms with Crippen LogP contribution in [0.1, 0.15) is 39.0 Å². The molecule has 0 heterocycles. The third-order valence-corrected chi connectivity index (χ3v) is 2.46. The highest BCUT2D eigenvalue weighted by atomic mass is 16.1. The molecule has 1 unspecified atom stereocenters. The highest BCUT2D eigenvalue weighted by Crippen LogP contribution is 2.18. The number of amides is 1. The lowest BCUT2D eigenvalue weighted by molar-refractivity contribution is -0.121. The first kappa shape index (κ1) is 12.1. The Bertz CT molecular complexity index is 240. The largest absolute Gasteiger partial charge is 0.353 e. The van der Waals surface area contributed by atoms with E-state index in [9.17, 15) is 4.79 Å². The molecule has 1 aliphatic carbocycles. The lowest BCUT2D eigenvalue weighted by Gasteiger charge is -2.11. The van der Waals surface area contributed by atoms with E-state index in [0.717, 1.165) is 25.7 Å². The third-order valence-electron chi connectivity index (χ3n) is 2.46. The molecule has 0 saturated heterocycles. The Morgan fingerprint density at radius 3 is 2.87 bits per heavy atom. The molecule has 3 heteroatoms. The Kier molecular flexibility index (Phi) is 5.20. The normalized spacial score (nSPS) is 16.8. The molecule has 1 rings (SSSR count). The van der Waals surface area contributed by atoms with Gasteiger partial charge in [-0.3, -0.25) is 4.79 Å². The van der Waals surface area contributed by atoms with Crippen molar-refractivity contribution in [1.29, 1.82) is 0 Å². The molecule has 15 heavy (non-hydrogen) atoms. The van der Waals surface area contributed by atoms with E-state index in [-0.39, 0.29) is 11.9 Å². The summed E-state index contributed by atoms with van der Waals surface area (Å²) in [6.45, 7) is 2.78. The number of terminal acetylenes is 1. The van der Waals surface area contributed by atoms with E-state index in [1.54, 1.807) is 0 Å². The van der Waals surface area contributed by atoms with Crippen molar-refractivity contribution in [3.8, 4) is 12.3 Å². The van der Waals surface area contributed by atoms with Gasteiger partial charge in [-0.1, -0.05) is 19.3 Å². The van der Waals surface area contributed by atoms with Crippen molar-refractivity contribution in [3.63, 3.8) is 0 Å². The second kappa shape index (κ2) is 6.47.